The van der Waals surface area contributed by atoms with Gasteiger partial charge in [-0.25, -0.2) is 0 Å². The number of nitrogens with two attached hydrogens (primary N) is 1. The third-order valence-electron chi connectivity index (χ3n) is 3.71. The zero-order chi connectivity index (χ0) is 12.9. The highest BCUT2D eigenvalue weighted by atomic mass is 16.5. The first-order valence-corrected chi connectivity index (χ1v) is 6.69. The second kappa shape index (κ2) is 6.14. The number of aliphatic hydroxyl groups is 1. The highest BCUT2D eigenvalue weighted by molar-refractivity contribution is 4.99. The van der Waals surface area contributed by atoms with E-state index >= 15 is 0 Å². The van der Waals surface area contributed by atoms with Gasteiger partial charge in [0, 0.05) is 31.3 Å². The average molecular weight is 244 g/mol. The van der Waals surface area contributed by atoms with Crippen molar-refractivity contribution >= 4 is 0 Å². The minimum Gasteiger partial charge on any atom is -0.396 e. The van der Waals surface area contributed by atoms with E-state index in [2.05, 4.69) is 26.1 Å². The van der Waals surface area contributed by atoms with E-state index in [9.17, 15) is 0 Å². The molecule has 4 nitrogen and oxygen atoms in total. The van der Waals surface area contributed by atoms with Crippen molar-refractivity contribution in [2.45, 2.75) is 63.6 Å². The van der Waals surface area contributed by atoms with Crippen LogP contribution in [0.1, 0.15) is 46.5 Å². The molecular weight excluding hydrogens is 216 g/mol. The quantitative estimate of drug-likeness (QED) is 0.652. The summed E-state index contributed by atoms with van der Waals surface area (Å²) < 4.78 is 5.75. The molecule has 0 aromatic heterocycles. The van der Waals surface area contributed by atoms with E-state index in [0.717, 1.165) is 32.3 Å². The van der Waals surface area contributed by atoms with Gasteiger partial charge in [-0.05, 0) is 39.5 Å². The van der Waals surface area contributed by atoms with Gasteiger partial charge in [0.15, 0.2) is 0 Å². The molecule has 1 fully saturated rings. The lowest BCUT2D eigenvalue weighted by Crippen LogP contribution is -2.61. The second-order valence-corrected chi connectivity index (χ2v) is 5.78. The van der Waals surface area contributed by atoms with Crippen molar-refractivity contribution in [3.05, 3.63) is 0 Å². The summed E-state index contributed by atoms with van der Waals surface area (Å²) in [5.74, 6) is 0. The van der Waals surface area contributed by atoms with Gasteiger partial charge >= 0.3 is 0 Å². The van der Waals surface area contributed by atoms with Crippen molar-refractivity contribution in [2.75, 3.05) is 19.8 Å². The van der Waals surface area contributed by atoms with Crippen LogP contribution in [0.2, 0.25) is 0 Å². The Bertz CT molecular complexity index is 233. The molecule has 1 rings (SSSR count). The summed E-state index contributed by atoms with van der Waals surface area (Å²) in [5, 5.41) is 12.7. The Morgan fingerprint density at radius 2 is 2.18 bits per heavy atom. The first-order chi connectivity index (χ1) is 7.97. The third kappa shape index (κ3) is 4.21. The molecule has 0 bridgehead atoms. The smallest absolute Gasteiger partial charge is 0.0644 e. The minimum atomic E-state index is -0.109. The van der Waals surface area contributed by atoms with Crippen LogP contribution >= 0.6 is 0 Å². The van der Waals surface area contributed by atoms with Gasteiger partial charge < -0.3 is 20.9 Å². The molecule has 0 amide bonds. The lowest BCUT2D eigenvalue weighted by atomic mass is 9.80. The van der Waals surface area contributed by atoms with E-state index in [-0.39, 0.29) is 17.7 Å². The van der Waals surface area contributed by atoms with Crippen molar-refractivity contribution in [3.8, 4) is 0 Å². The van der Waals surface area contributed by atoms with Gasteiger partial charge in [-0.15, -0.1) is 0 Å². The highest BCUT2D eigenvalue weighted by Gasteiger charge is 2.40. The van der Waals surface area contributed by atoms with E-state index < -0.39 is 0 Å². The van der Waals surface area contributed by atoms with E-state index in [1.165, 1.54) is 0 Å². The highest BCUT2D eigenvalue weighted by Crippen LogP contribution is 2.32. The van der Waals surface area contributed by atoms with Crippen molar-refractivity contribution < 1.29 is 9.84 Å². The molecule has 0 radical (unpaired) electrons. The van der Waals surface area contributed by atoms with E-state index in [0.29, 0.717) is 12.6 Å². The molecule has 0 spiro atoms. The van der Waals surface area contributed by atoms with Crippen LogP contribution in [0, 0.1) is 0 Å². The standard InChI is InChI=1S/C13H28N2O2/c1-4-11(5-7-16)15-13(10-14)6-8-17-12(2,3)9-13/h11,15-16H,4-10,14H2,1-3H3. The zero-order valence-electron chi connectivity index (χ0n) is 11.5. The minimum absolute atomic E-state index is 0.0302. The van der Waals surface area contributed by atoms with Crippen molar-refractivity contribution in [3.63, 3.8) is 0 Å². The zero-order valence-corrected chi connectivity index (χ0v) is 11.5. The molecule has 1 aliphatic heterocycles. The van der Waals surface area contributed by atoms with Crippen LogP contribution < -0.4 is 11.1 Å². The Labute approximate surface area is 105 Å². The number of hydrogen-bond donors (Lipinski definition) is 3. The molecule has 2 unspecified atom stereocenters. The maximum atomic E-state index is 9.06. The molecule has 0 aromatic rings. The summed E-state index contributed by atoms with van der Waals surface area (Å²) in [7, 11) is 0. The number of nitrogens with one attached hydrogen (secondary N) is 1. The first kappa shape index (κ1) is 14.9. The van der Waals surface area contributed by atoms with Crippen LogP contribution in [0.5, 0.6) is 0 Å². The van der Waals surface area contributed by atoms with Crippen LogP contribution in [-0.2, 0) is 4.74 Å². The van der Waals surface area contributed by atoms with E-state index in [1.54, 1.807) is 0 Å². The first-order valence-electron chi connectivity index (χ1n) is 6.69. The molecule has 102 valence electrons. The van der Waals surface area contributed by atoms with Gasteiger partial charge in [-0.2, -0.15) is 0 Å². The summed E-state index contributed by atoms with van der Waals surface area (Å²) >= 11 is 0. The van der Waals surface area contributed by atoms with Crippen LogP contribution in [-0.4, -0.2) is 42.0 Å². The monoisotopic (exact) mass is 244 g/mol. The van der Waals surface area contributed by atoms with Gasteiger partial charge in [-0.1, -0.05) is 6.92 Å². The Hall–Kier alpha value is -0.160. The summed E-state index contributed by atoms with van der Waals surface area (Å²) in [6, 6.07) is 0.345. The summed E-state index contributed by atoms with van der Waals surface area (Å²) in [4.78, 5) is 0. The lowest BCUT2D eigenvalue weighted by Gasteiger charge is -2.46. The molecular formula is C13H28N2O2. The fraction of sp³-hybridized carbons (Fsp3) is 1.00. The van der Waals surface area contributed by atoms with Gasteiger partial charge in [0.2, 0.25) is 0 Å². The number of aliphatic hydroxyl groups excluding tert-OH is 1. The van der Waals surface area contributed by atoms with Crippen LogP contribution in [0.4, 0.5) is 0 Å². The van der Waals surface area contributed by atoms with Gasteiger partial charge in [-0.3, -0.25) is 0 Å². The van der Waals surface area contributed by atoms with Crippen LogP contribution in [0.25, 0.3) is 0 Å². The number of ether oxygens (including phenoxy) is 1. The molecule has 2 atom stereocenters. The Morgan fingerprint density at radius 1 is 1.47 bits per heavy atom. The fourth-order valence-electron chi connectivity index (χ4n) is 2.80. The Kier molecular flexibility index (Phi) is 5.38. The second-order valence-electron chi connectivity index (χ2n) is 5.78. The molecule has 1 heterocycles. The predicted molar refractivity (Wildman–Crippen MR) is 70.0 cm³/mol. The largest absolute Gasteiger partial charge is 0.396 e. The Morgan fingerprint density at radius 3 is 2.65 bits per heavy atom. The third-order valence-corrected chi connectivity index (χ3v) is 3.71. The summed E-state index contributed by atoms with van der Waals surface area (Å²) in [5.41, 5.74) is 5.84. The van der Waals surface area contributed by atoms with Crippen molar-refractivity contribution in [1.82, 2.24) is 5.32 Å². The van der Waals surface area contributed by atoms with Crippen LogP contribution in [0.15, 0.2) is 0 Å². The molecule has 4 N–H and O–H groups in total. The van der Waals surface area contributed by atoms with E-state index in [4.69, 9.17) is 15.6 Å². The maximum Gasteiger partial charge on any atom is 0.0644 e. The van der Waals surface area contributed by atoms with Crippen molar-refractivity contribution in [2.24, 2.45) is 5.73 Å². The van der Waals surface area contributed by atoms with Gasteiger partial charge in [0.1, 0.15) is 0 Å². The summed E-state index contributed by atoms with van der Waals surface area (Å²) in [6.45, 7) is 7.99. The molecule has 0 aromatic carbocycles. The Balaban J connectivity index is 2.67. The predicted octanol–water partition coefficient (Wildman–Crippen LogP) is 1.02. The molecule has 0 saturated carbocycles. The van der Waals surface area contributed by atoms with Crippen molar-refractivity contribution in [1.29, 1.82) is 0 Å². The maximum absolute atomic E-state index is 9.06. The molecule has 17 heavy (non-hydrogen) atoms. The van der Waals surface area contributed by atoms with Gasteiger partial charge in [0.25, 0.3) is 0 Å². The molecule has 4 heteroatoms. The molecule has 1 saturated heterocycles. The van der Waals surface area contributed by atoms with Crippen LogP contribution in [0.3, 0.4) is 0 Å². The van der Waals surface area contributed by atoms with Gasteiger partial charge in [0.05, 0.1) is 5.60 Å². The topological polar surface area (TPSA) is 67.5 Å². The average Bonchev–Trinajstić information content (AvgIpc) is 2.27. The summed E-state index contributed by atoms with van der Waals surface area (Å²) in [6.07, 6.45) is 3.69. The number of hydrogen-bond acceptors (Lipinski definition) is 4. The van der Waals surface area contributed by atoms with E-state index in [1.807, 2.05) is 0 Å². The fourth-order valence-corrected chi connectivity index (χ4v) is 2.80. The normalized spacial score (nSPS) is 30.2. The molecule has 0 aliphatic carbocycles. The lowest BCUT2D eigenvalue weighted by molar-refractivity contribution is -0.0882. The SMILES string of the molecule is CCC(CCO)NC1(CN)CCOC(C)(C)C1. The number of rotatable bonds is 6. The molecule has 1 aliphatic rings.